The van der Waals surface area contributed by atoms with Crippen LogP contribution in [-0.2, 0) is 0 Å². The van der Waals surface area contributed by atoms with E-state index in [1.807, 2.05) is 0 Å². The first-order valence-electron chi connectivity index (χ1n) is 6.94. The minimum Gasteiger partial charge on any atom is -0.491 e. The van der Waals surface area contributed by atoms with Gasteiger partial charge in [-0.05, 0) is 18.6 Å². The molecule has 1 atom stereocenters. The first-order chi connectivity index (χ1) is 11.0. The Morgan fingerprint density at radius 1 is 1.35 bits per heavy atom. The van der Waals surface area contributed by atoms with Gasteiger partial charge in [0, 0.05) is 18.2 Å². The fourth-order valence-electron chi connectivity index (χ4n) is 2.22. The number of ether oxygens (including phenoxy) is 1. The van der Waals surface area contributed by atoms with Gasteiger partial charge in [-0.25, -0.2) is 4.39 Å². The third kappa shape index (κ3) is 3.48. The summed E-state index contributed by atoms with van der Waals surface area (Å²) in [5.41, 5.74) is 6.66. The van der Waals surface area contributed by atoms with Crippen molar-refractivity contribution in [3.63, 3.8) is 0 Å². The standard InChI is InChI=1S/C16H13ClFN3O2/c17-12-3-9(1-2-13(12)18)8-23-11-5-15-14(21-7-11)4-10(6-20-15)16(19)22/h2-7,9H,1,8H2,(H2,19,22). The van der Waals surface area contributed by atoms with Crippen LogP contribution < -0.4 is 10.5 Å². The highest BCUT2D eigenvalue weighted by atomic mass is 35.5. The maximum absolute atomic E-state index is 13.1. The lowest BCUT2D eigenvalue weighted by molar-refractivity contribution is 0.1000. The van der Waals surface area contributed by atoms with E-state index in [4.69, 9.17) is 22.1 Å². The number of hydrogen-bond donors (Lipinski definition) is 1. The van der Waals surface area contributed by atoms with E-state index >= 15 is 0 Å². The molecule has 0 radical (unpaired) electrons. The summed E-state index contributed by atoms with van der Waals surface area (Å²) in [6.45, 7) is 0.354. The number of carbonyl (C=O) groups excluding carboxylic acids is 1. The average molecular weight is 334 g/mol. The Balaban J connectivity index is 1.72. The summed E-state index contributed by atoms with van der Waals surface area (Å²) in [5, 5.41) is 0.113. The predicted molar refractivity (Wildman–Crippen MR) is 84.8 cm³/mol. The first-order valence-corrected chi connectivity index (χ1v) is 7.32. The Morgan fingerprint density at radius 3 is 2.83 bits per heavy atom. The molecule has 23 heavy (non-hydrogen) atoms. The van der Waals surface area contributed by atoms with Crippen molar-refractivity contribution in [2.75, 3.05) is 6.61 Å². The van der Waals surface area contributed by atoms with Crippen molar-refractivity contribution in [2.45, 2.75) is 6.42 Å². The summed E-state index contributed by atoms with van der Waals surface area (Å²) >= 11 is 5.76. The van der Waals surface area contributed by atoms with Gasteiger partial charge in [-0.3, -0.25) is 14.8 Å². The fourth-order valence-corrected chi connectivity index (χ4v) is 2.48. The molecular formula is C16H13ClFN3O2. The van der Waals surface area contributed by atoms with E-state index in [1.165, 1.54) is 12.3 Å². The van der Waals surface area contributed by atoms with Gasteiger partial charge in [-0.15, -0.1) is 0 Å². The van der Waals surface area contributed by atoms with Gasteiger partial charge in [-0.2, -0.15) is 0 Å². The Kier molecular flexibility index (Phi) is 4.25. The molecule has 0 spiro atoms. The van der Waals surface area contributed by atoms with E-state index in [2.05, 4.69) is 9.97 Å². The topological polar surface area (TPSA) is 78.1 Å². The van der Waals surface area contributed by atoms with Crippen LogP contribution >= 0.6 is 11.6 Å². The summed E-state index contributed by atoms with van der Waals surface area (Å²) in [7, 11) is 0. The number of amides is 1. The number of primary amides is 1. The third-order valence-electron chi connectivity index (χ3n) is 3.47. The van der Waals surface area contributed by atoms with Crippen molar-refractivity contribution >= 4 is 28.5 Å². The quantitative estimate of drug-likeness (QED) is 0.932. The Hall–Kier alpha value is -2.47. The van der Waals surface area contributed by atoms with Crippen LogP contribution in [0.25, 0.3) is 11.0 Å². The molecule has 2 aromatic rings. The third-order valence-corrected chi connectivity index (χ3v) is 3.77. The summed E-state index contributed by atoms with van der Waals surface area (Å²) < 4.78 is 18.8. The smallest absolute Gasteiger partial charge is 0.250 e. The van der Waals surface area contributed by atoms with Gasteiger partial charge in [0.1, 0.15) is 11.6 Å². The van der Waals surface area contributed by atoms with Gasteiger partial charge < -0.3 is 10.5 Å². The minimum atomic E-state index is -0.553. The average Bonchev–Trinajstić information content (AvgIpc) is 2.55. The van der Waals surface area contributed by atoms with Gasteiger partial charge in [0.2, 0.25) is 5.91 Å². The van der Waals surface area contributed by atoms with E-state index in [-0.39, 0.29) is 11.0 Å². The second-order valence-electron chi connectivity index (χ2n) is 5.17. The highest BCUT2D eigenvalue weighted by molar-refractivity contribution is 6.31. The number of aromatic nitrogens is 2. The summed E-state index contributed by atoms with van der Waals surface area (Å²) in [6, 6.07) is 3.29. The molecule has 0 saturated carbocycles. The van der Waals surface area contributed by atoms with Crippen molar-refractivity contribution in [1.82, 2.24) is 9.97 Å². The highest BCUT2D eigenvalue weighted by Gasteiger charge is 2.15. The molecule has 1 aliphatic rings. The molecule has 2 aromatic heterocycles. The lowest BCUT2D eigenvalue weighted by Crippen LogP contribution is -2.12. The zero-order valence-electron chi connectivity index (χ0n) is 12.0. The van der Waals surface area contributed by atoms with Gasteiger partial charge in [0.05, 0.1) is 34.4 Å². The van der Waals surface area contributed by atoms with Crippen LogP contribution in [0.4, 0.5) is 4.39 Å². The molecular weight excluding hydrogens is 321 g/mol. The number of carbonyl (C=O) groups is 1. The number of nitrogens with zero attached hydrogens (tertiary/aromatic N) is 2. The van der Waals surface area contributed by atoms with Crippen molar-refractivity contribution in [1.29, 1.82) is 0 Å². The van der Waals surface area contributed by atoms with Crippen LogP contribution in [0.15, 0.2) is 47.5 Å². The van der Waals surface area contributed by atoms with Crippen LogP contribution in [0.3, 0.4) is 0 Å². The Bertz CT molecular complexity index is 835. The minimum absolute atomic E-state index is 0.00268. The second-order valence-corrected chi connectivity index (χ2v) is 5.58. The second kappa shape index (κ2) is 6.34. The Labute approximate surface area is 136 Å². The molecule has 0 aliphatic heterocycles. The molecule has 7 heteroatoms. The van der Waals surface area contributed by atoms with Gasteiger partial charge >= 0.3 is 0 Å². The number of pyridine rings is 2. The van der Waals surface area contributed by atoms with E-state index in [9.17, 15) is 9.18 Å². The summed E-state index contributed by atoms with van der Waals surface area (Å²) in [5.74, 6) is -0.410. The highest BCUT2D eigenvalue weighted by Crippen LogP contribution is 2.27. The molecule has 1 aliphatic carbocycles. The van der Waals surface area contributed by atoms with Crippen molar-refractivity contribution in [3.8, 4) is 5.75 Å². The monoisotopic (exact) mass is 333 g/mol. The van der Waals surface area contributed by atoms with Crippen molar-refractivity contribution in [3.05, 3.63) is 53.1 Å². The molecule has 0 fully saturated rings. The molecule has 0 bridgehead atoms. The van der Waals surface area contributed by atoms with Crippen LogP contribution in [0, 0.1) is 5.92 Å². The fraction of sp³-hybridized carbons (Fsp3) is 0.188. The molecule has 3 rings (SSSR count). The molecule has 2 heterocycles. The van der Waals surface area contributed by atoms with Crippen molar-refractivity contribution in [2.24, 2.45) is 11.7 Å². The van der Waals surface area contributed by atoms with Gasteiger partial charge in [0.15, 0.2) is 0 Å². The number of hydrogen-bond acceptors (Lipinski definition) is 4. The van der Waals surface area contributed by atoms with E-state index < -0.39 is 11.7 Å². The number of fused-ring (bicyclic) bond motifs is 1. The first kappa shape index (κ1) is 15.4. The van der Waals surface area contributed by atoms with E-state index in [0.717, 1.165) is 0 Å². The molecule has 1 unspecified atom stereocenters. The van der Waals surface area contributed by atoms with Gasteiger partial charge in [0.25, 0.3) is 0 Å². The maximum atomic E-state index is 13.1. The zero-order valence-corrected chi connectivity index (χ0v) is 12.8. The lowest BCUT2D eigenvalue weighted by Gasteiger charge is -2.16. The maximum Gasteiger partial charge on any atom is 0.250 e. The largest absolute Gasteiger partial charge is 0.491 e. The molecule has 1 amide bonds. The summed E-state index contributed by atoms with van der Waals surface area (Å²) in [4.78, 5) is 19.5. The van der Waals surface area contributed by atoms with E-state index in [0.29, 0.717) is 35.4 Å². The molecule has 2 N–H and O–H groups in total. The SMILES string of the molecule is NC(=O)c1cnc2cc(OCC3C=C(Cl)C(F)=CC3)cnc2c1. The van der Waals surface area contributed by atoms with E-state index in [1.54, 1.807) is 24.4 Å². The molecule has 0 saturated heterocycles. The number of halogens is 2. The lowest BCUT2D eigenvalue weighted by atomic mass is 10.0. The number of rotatable bonds is 4. The van der Waals surface area contributed by atoms with Crippen LogP contribution in [0.1, 0.15) is 16.8 Å². The predicted octanol–water partition coefficient (Wildman–Crippen LogP) is 3.10. The zero-order chi connectivity index (χ0) is 16.4. The van der Waals surface area contributed by atoms with Crippen LogP contribution in [0.5, 0.6) is 5.75 Å². The molecule has 118 valence electrons. The number of nitrogens with two attached hydrogens (primary N) is 1. The van der Waals surface area contributed by atoms with Crippen LogP contribution in [-0.4, -0.2) is 22.5 Å². The van der Waals surface area contributed by atoms with Crippen LogP contribution in [0.2, 0.25) is 0 Å². The molecule has 0 aromatic carbocycles. The van der Waals surface area contributed by atoms with Gasteiger partial charge in [-0.1, -0.05) is 17.7 Å². The molecule has 5 nitrogen and oxygen atoms in total. The number of allylic oxidation sites excluding steroid dienone is 3. The Morgan fingerprint density at radius 2 is 2.09 bits per heavy atom. The van der Waals surface area contributed by atoms with Crippen molar-refractivity contribution < 1.29 is 13.9 Å². The normalized spacial score (nSPS) is 17.6. The summed E-state index contributed by atoms with van der Waals surface area (Å²) in [6.07, 6.45) is 6.56.